The highest BCUT2D eigenvalue weighted by Crippen LogP contribution is 2.46. The molecule has 8 nitrogen and oxygen atoms in total. The first kappa shape index (κ1) is 23.9. The predicted octanol–water partition coefficient (Wildman–Crippen LogP) is 3.89. The molecule has 5 rings (SSSR count). The molecule has 1 atom stereocenters. The van der Waals surface area contributed by atoms with Gasteiger partial charge in [-0.05, 0) is 50.1 Å². The molecule has 0 aliphatic carbocycles. The van der Waals surface area contributed by atoms with Crippen molar-refractivity contribution in [2.24, 2.45) is 14.1 Å². The van der Waals surface area contributed by atoms with Crippen LogP contribution in [0.4, 0.5) is 0 Å². The molecule has 0 radical (unpaired) electrons. The van der Waals surface area contributed by atoms with Crippen LogP contribution < -0.4 is 20.7 Å². The maximum Gasteiger partial charge on any atom is 0.331 e. The number of aromatic nitrogens is 3. The van der Waals surface area contributed by atoms with Gasteiger partial charge in [0, 0.05) is 14.1 Å². The second-order valence-corrected chi connectivity index (χ2v) is 9.99. The summed E-state index contributed by atoms with van der Waals surface area (Å²) in [6.45, 7) is 6.61. The Morgan fingerprint density at radius 2 is 1.69 bits per heavy atom. The number of ether oxygens (including phenoxy) is 3. The highest BCUT2D eigenvalue weighted by atomic mass is 16.5. The van der Waals surface area contributed by atoms with Crippen molar-refractivity contribution in [2.75, 3.05) is 20.8 Å². The second kappa shape index (κ2) is 8.41. The fourth-order valence-electron chi connectivity index (χ4n) is 5.33. The van der Waals surface area contributed by atoms with Gasteiger partial charge < -0.3 is 18.8 Å². The Morgan fingerprint density at radius 3 is 2.36 bits per heavy atom. The fraction of sp³-hybridized carbons (Fsp3) is 0.357. The second-order valence-electron chi connectivity index (χ2n) is 9.99. The van der Waals surface area contributed by atoms with Crippen LogP contribution in [0.3, 0.4) is 0 Å². The molecule has 0 saturated carbocycles. The van der Waals surface area contributed by atoms with Gasteiger partial charge in [-0.1, -0.05) is 29.8 Å². The van der Waals surface area contributed by atoms with Crippen molar-refractivity contribution in [1.82, 2.24) is 13.7 Å². The molecule has 2 aromatic carbocycles. The molecular weight excluding hydrogens is 458 g/mol. The minimum atomic E-state index is -0.531. The maximum atomic E-state index is 13.7. The lowest BCUT2D eigenvalue weighted by Crippen LogP contribution is -2.40. The number of rotatable bonds is 4. The minimum Gasteiger partial charge on any atom is -0.493 e. The Bertz CT molecular complexity index is 1620. The largest absolute Gasteiger partial charge is 0.493 e. The van der Waals surface area contributed by atoms with Crippen LogP contribution >= 0.6 is 0 Å². The molecule has 2 aromatic heterocycles. The molecule has 1 aliphatic rings. The van der Waals surface area contributed by atoms with Crippen LogP contribution in [0.1, 0.15) is 36.8 Å². The topological polar surface area (TPSA) is 76.6 Å². The monoisotopic (exact) mass is 489 g/mol. The van der Waals surface area contributed by atoms with E-state index >= 15 is 0 Å². The molecule has 0 N–H and O–H groups in total. The van der Waals surface area contributed by atoms with Gasteiger partial charge in [0.25, 0.3) is 5.56 Å². The highest BCUT2D eigenvalue weighted by molar-refractivity contribution is 5.97. The third-order valence-electron chi connectivity index (χ3n) is 7.07. The van der Waals surface area contributed by atoms with Gasteiger partial charge in [0.05, 0.1) is 48.7 Å². The number of fused-ring (bicyclic) bond motifs is 3. The van der Waals surface area contributed by atoms with Gasteiger partial charge in [-0.3, -0.25) is 13.9 Å². The number of benzene rings is 2. The molecular formula is C28H31N3O5. The summed E-state index contributed by atoms with van der Waals surface area (Å²) in [7, 11) is 6.41. The van der Waals surface area contributed by atoms with Crippen LogP contribution in [0.15, 0.2) is 52.1 Å². The average Bonchev–Trinajstić information content (AvgIpc) is 3.23. The van der Waals surface area contributed by atoms with E-state index in [1.807, 2.05) is 43.3 Å². The van der Waals surface area contributed by atoms with E-state index in [9.17, 15) is 9.59 Å². The van der Waals surface area contributed by atoms with E-state index in [-0.39, 0.29) is 11.2 Å². The van der Waals surface area contributed by atoms with Crippen molar-refractivity contribution in [1.29, 1.82) is 0 Å². The zero-order chi connectivity index (χ0) is 25.9. The molecule has 0 amide bonds. The Hall–Kier alpha value is -3.78. The third kappa shape index (κ3) is 3.39. The van der Waals surface area contributed by atoms with Crippen molar-refractivity contribution in [3.8, 4) is 22.8 Å². The van der Waals surface area contributed by atoms with Crippen LogP contribution in [0.25, 0.3) is 22.2 Å². The minimum absolute atomic E-state index is 0.326. The zero-order valence-corrected chi connectivity index (χ0v) is 21.7. The molecule has 36 heavy (non-hydrogen) atoms. The molecule has 0 unspecified atom stereocenters. The van der Waals surface area contributed by atoms with E-state index in [2.05, 4.69) is 24.5 Å². The van der Waals surface area contributed by atoms with Gasteiger partial charge in [-0.15, -0.1) is 0 Å². The summed E-state index contributed by atoms with van der Waals surface area (Å²) in [4.78, 5) is 26.8. The van der Waals surface area contributed by atoms with Gasteiger partial charge in [-0.25, -0.2) is 4.79 Å². The van der Waals surface area contributed by atoms with Crippen LogP contribution in [0, 0.1) is 6.92 Å². The number of hydrogen-bond donors (Lipinski definition) is 0. The SMILES string of the molecule is COc1ccc([C@H]2OCC(C)(C)n3c(-c4cccc(C)c4)c4c(=O)n(C)c(=O)n(C)c4c32)cc1OC. The van der Waals surface area contributed by atoms with Crippen LogP contribution in [0.5, 0.6) is 11.5 Å². The summed E-state index contributed by atoms with van der Waals surface area (Å²) in [6.07, 6.45) is -0.531. The molecule has 0 fully saturated rings. The highest BCUT2D eigenvalue weighted by Gasteiger charge is 2.40. The van der Waals surface area contributed by atoms with Crippen molar-refractivity contribution in [3.05, 3.63) is 80.1 Å². The summed E-state index contributed by atoms with van der Waals surface area (Å²) in [5.74, 6) is 1.19. The van der Waals surface area contributed by atoms with Crippen LogP contribution in [-0.2, 0) is 24.4 Å². The molecule has 0 spiro atoms. The number of methoxy groups -OCH3 is 2. The van der Waals surface area contributed by atoms with Gasteiger partial charge in [0.1, 0.15) is 6.10 Å². The quantitative estimate of drug-likeness (QED) is 0.435. The summed E-state index contributed by atoms with van der Waals surface area (Å²) < 4.78 is 22.4. The molecule has 0 saturated heterocycles. The van der Waals surface area contributed by atoms with Gasteiger partial charge in [0.2, 0.25) is 0 Å². The van der Waals surface area contributed by atoms with E-state index in [1.54, 1.807) is 25.8 Å². The first-order valence-corrected chi connectivity index (χ1v) is 11.9. The lowest BCUT2D eigenvalue weighted by molar-refractivity contribution is -0.00716. The first-order valence-electron chi connectivity index (χ1n) is 11.9. The third-order valence-corrected chi connectivity index (χ3v) is 7.07. The first-order chi connectivity index (χ1) is 17.1. The van der Waals surface area contributed by atoms with Crippen molar-refractivity contribution >= 4 is 10.9 Å². The van der Waals surface area contributed by atoms with Crippen molar-refractivity contribution < 1.29 is 14.2 Å². The van der Waals surface area contributed by atoms with E-state index in [0.29, 0.717) is 29.0 Å². The molecule has 1 aliphatic heterocycles. The molecule has 8 heteroatoms. The van der Waals surface area contributed by atoms with E-state index in [4.69, 9.17) is 14.2 Å². The van der Waals surface area contributed by atoms with E-state index in [1.165, 1.54) is 11.6 Å². The van der Waals surface area contributed by atoms with E-state index < -0.39 is 11.6 Å². The average molecular weight is 490 g/mol. The number of aryl methyl sites for hydroxylation is 2. The summed E-state index contributed by atoms with van der Waals surface area (Å²) >= 11 is 0. The summed E-state index contributed by atoms with van der Waals surface area (Å²) in [5.41, 5.74) is 3.78. The lowest BCUT2D eigenvalue weighted by atomic mass is 9.97. The van der Waals surface area contributed by atoms with E-state index in [0.717, 1.165) is 28.1 Å². The van der Waals surface area contributed by atoms with Crippen molar-refractivity contribution in [3.63, 3.8) is 0 Å². The van der Waals surface area contributed by atoms with Gasteiger partial charge >= 0.3 is 5.69 Å². The fourth-order valence-corrected chi connectivity index (χ4v) is 5.33. The Kier molecular flexibility index (Phi) is 5.59. The lowest BCUT2D eigenvalue weighted by Gasteiger charge is -2.39. The van der Waals surface area contributed by atoms with Gasteiger partial charge in [0.15, 0.2) is 11.5 Å². The molecule has 3 heterocycles. The maximum absolute atomic E-state index is 13.7. The van der Waals surface area contributed by atoms with Crippen LogP contribution in [0.2, 0.25) is 0 Å². The smallest absolute Gasteiger partial charge is 0.331 e. The normalized spacial score (nSPS) is 16.7. The molecule has 0 bridgehead atoms. The van der Waals surface area contributed by atoms with Crippen molar-refractivity contribution in [2.45, 2.75) is 32.4 Å². The predicted molar refractivity (Wildman–Crippen MR) is 139 cm³/mol. The molecule has 188 valence electrons. The number of nitrogens with zero attached hydrogens (tertiary/aromatic N) is 3. The standard InChI is InChI=1S/C28H31N3O5/c1-16-9-8-10-17(13-16)22-21-23(29(4)27(33)30(5)26(21)32)24-25(36-15-28(2,3)31(22)24)18-11-12-19(34-6)20(14-18)35-7/h8-14,25H,15H2,1-7H3/t25-/m1/s1. The number of hydrogen-bond acceptors (Lipinski definition) is 5. The Labute approximate surface area is 209 Å². The summed E-state index contributed by atoms with van der Waals surface area (Å²) in [5, 5.41) is 0.504. The zero-order valence-electron chi connectivity index (χ0n) is 21.7. The summed E-state index contributed by atoms with van der Waals surface area (Å²) in [6, 6.07) is 13.8. The van der Waals surface area contributed by atoms with Gasteiger partial charge in [-0.2, -0.15) is 0 Å². The molecule has 4 aromatic rings. The Morgan fingerprint density at radius 1 is 0.972 bits per heavy atom. The van der Waals surface area contributed by atoms with Crippen LogP contribution in [-0.4, -0.2) is 34.5 Å². The Balaban J connectivity index is 1.96.